The highest BCUT2D eigenvalue weighted by atomic mass is 16.6. The van der Waals surface area contributed by atoms with Crippen molar-refractivity contribution in [3.05, 3.63) is 28.4 Å². The fraction of sp³-hybridized carbons (Fsp3) is 0.375. The number of rotatable bonds is 4. The van der Waals surface area contributed by atoms with E-state index in [1.165, 1.54) is 12.3 Å². The molecule has 1 heterocycles. The summed E-state index contributed by atoms with van der Waals surface area (Å²) < 4.78 is 0. The van der Waals surface area contributed by atoms with Crippen LogP contribution in [0.1, 0.15) is 6.92 Å². The van der Waals surface area contributed by atoms with Crippen molar-refractivity contribution in [2.24, 2.45) is 5.73 Å². The molecule has 1 unspecified atom stereocenters. The topological polar surface area (TPSA) is 94.1 Å². The molecule has 0 aliphatic rings. The summed E-state index contributed by atoms with van der Waals surface area (Å²) in [4.78, 5) is 13.7. The average molecular weight is 196 g/mol. The zero-order chi connectivity index (χ0) is 10.6. The number of nitrogens with zero attached hydrogens (tertiary/aromatic N) is 2. The molecular formula is C8H12N4O2. The molecule has 0 aromatic carbocycles. The summed E-state index contributed by atoms with van der Waals surface area (Å²) in [6.45, 7) is 2.45. The molecule has 0 saturated carbocycles. The fourth-order valence-corrected chi connectivity index (χ4v) is 0.864. The Hall–Kier alpha value is -1.69. The van der Waals surface area contributed by atoms with E-state index in [0.29, 0.717) is 12.4 Å². The van der Waals surface area contributed by atoms with Gasteiger partial charge in [-0.05, 0) is 13.0 Å². The number of nitro groups is 1. The maximum absolute atomic E-state index is 10.3. The Bertz CT molecular complexity index is 310. The van der Waals surface area contributed by atoms with Gasteiger partial charge in [-0.2, -0.15) is 0 Å². The predicted molar refractivity (Wildman–Crippen MR) is 53.0 cm³/mol. The molecule has 1 aromatic rings. The van der Waals surface area contributed by atoms with Crippen molar-refractivity contribution in [3.63, 3.8) is 0 Å². The zero-order valence-corrected chi connectivity index (χ0v) is 7.80. The molecule has 0 aliphatic heterocycles. The third-order valence-corrected chi connectivity index (χ3v) is 1.56. The predicted octanol–water partition coefficient (Wildman–Crippen LogP) is 0.749. The van der Waals surface area contributed by atoms with Crippen molar-refractivity contribution in [2.75, 3.05) is 11.9 Å². The number of anilines is 1. The summed E-state index contributed by atoms with van der Waals surface area (Å²) in [6, 6.07) is 2.98. The first-order chi connectivity index (χ1) is 6.59. The molecule has 0 radical (unpaired) electrons. The van der Waals surface area contributed by atoms with Gasteiger partial charge in [0.1, 0.15) is 12.0 Å². The highest BCUT2D eigenvalue weighted by molar-refractivity contribution is 5.40. The highest BCUT2D eigenvalue weighted by Gasteiger charge is 2.04. The minimum absolute atomic E-state index is 0.0173. The van der Waals surface area contributed by atoms with Gasteiger partial charge in [-0.15, -0.1) is 0 Å². The molecule has 1 aromatic heterocycles. The van der Waals surface area contributed by atoms with Crippen LogP contribution in [0, 0.1) is 10.1 Å². The second-order valence-electron chi connectivity index (χ2n) is 3.02. The number of hydrogen-bond donors (Lipinski definition) is 2. The molecule has 1 atom stereocenters. The van der Waals surface area contributed by atoms with E-state index in [2.05, 4.69) is 10.3 Å². The van der Waals surface area contributed by atoms with Crippen LogP contribution in [0.5, 0.6) is 0 Å². The van der Waals surface area contributed by atoms with E-state index in [4.69, 9.17) is 5.73 Å². The van der Waals surface area contributed by atoms with Crippen LogP contribution in [-0.2, 0) is 0 Å². The Balaban J connectivity index is 2.60. The van der Waals surface area contributed by atoms with Crippen LogP contribution in [0.2, 0.25) is 0 Å². The van der Waals surface area contributed by atoms with Crippen molar-refractivity contribution in [2.45, 2.75) is 13.0 Å². The largest absolute Gasteiger partial charge is 0.369 e. The van der Waals surface area contributed by atoms with Crippen molar-refractivity contribution >= 4 is 11.5 Å². The molecule has 1 rings (SSSR count). The first kappa shape index (κ1) is 10.4. The molecule has 6 nitrogen and oxygen atoms in total. The second-order valence-corrected chi connectivity index (χ2v) is 3.02. The standard InChI is InChI=1S/C8H12N4O2/c1-6(9)4-10-8-3-2-7(5-11-8)12(13)14/h2-3,5-6H,4,9H2,1H3,(H,10,11). The van der Waals surface area contributed by atoms with E-state index in [9.17, 15) is 10.1 Å². The first-order valence-electron chi connectivity index (χ1n) is 4.19. The van der Waals surface area contributed by atoms with Crippen molar-refractivity contribution in [1.29, 1.82) is 0 Å². The monoisotopic (exact) mass is 196 g/mol. The van der Waals surface area contributed by atoms with Crippen LogP contribution in [0.3, 0.4) is 0 Å². The minimum Gasteiger partial charge on any atom is -0.369 e. The summed E-state index contributed by atoms with van der Waals surface area (Å²) in [6.07, 6.45) is 1.21. The van der Waals surface area contributed by atoms with Crippen molar-refractivity contribution in [1.82, 2.24) is 4.98 Å². The molecule has 0 saturated heterocycles. The van der Waals surface area contributed by atoms with Gasteiger partial charge in [0, 0.05) is 18.7 Å². The third kappa shape index (κ3) is 2.98. The SMILES string of the molecule is CC(N)CNc1ccc([N+](=O)[O-])cn1. The van der Waals surface area contributed by atoms with Crippen LogP contribution >= 0.6 is 0 Å². The normalized spacial score (nSPS) is 12.1. The van der Waals surface area contributed by atoms with E-state index in [0.717, 1.165) is 0 Å². The van der Waals surface area contributed by atoms with E-state index in [1.807, 2.05) is 6.92 Å². The fourth-order valence-electron chi connectivity index (χ4n) is 0.864. The van der Waals surface area contributed by atoms with E-state index in [-0.39, 0.29) is 11.7 Å². The van der Waals surface area contributed by atoms with Gasteiger partial charge in [-0.1, -0.05) is 0 Å². The van der Waals surface area contributed by atoms with E-state index >= 15 is 0 Å². The van der Waals surface area contributed by atoms with E-state index in [1.54, 1.807) is 6.07 Å². The number of pyridine rings is 1. The van der Waals surface area contributed by atoms with Gasteiger partial charge in [-0.3, -0.25) is 10.1 Å². The number of aromatic nitrogens is 1. The van der Waals surface area contributed by atoms with Crippen LogP contribution in [-0.4, -0.2) is 22.5 Å². The first-order valence-corrected chi connectivity index (χ1v) is 4.19. The summed E-state index contributed by atoms with van der Waals surface area (Å²) >= 11 is 0. The van der Waals surface area contributed by atoms with Crippen molar-refractivity contribution < 1.29 is 4.92 Å². The highest BCUT2D eigenvalue weighted by Crippen LogP contribution is 2.11. The smallest absolute Gasteiger partial charge is 0.287 e. The number of nitrogens with one attached hydrogen (secondary N) is 1. The van der Waals surface area contributed by atoms with Crippen LogP contribution in [0.15, 0.2) is 18.3 Å². The Labute approximate surface area is 81.3 Å². The number of nitrogens with two attached hydrogens (primary N) is 1. The Kier molecular flexibility index (Phi) is 3.35. The Morgan fingerprint density at radius 3 is 2.86 bits per heavy atom. The lowest BCUT2D eigenvalue weighted by Gasteiger charge is -2.07. The Morgan fingerprint density at radius 2 is 2.43 bits per heavy atom. The molecular weight excluding hydrogens is 184 g/mol. The molecule has 0 bridgehead atoms. The quantitative estimate of drug-likeness (QED) is 0.547. The van der Waals surface area contributed by atoms with Gasteiger partial charge in [0.2, 0.25) is 0 Å². The van der Waals surface area contributed by atoms with Gasteiger partial charge in [-0.25, -0.2) is 4.98 Å². The molecule has 0 fully saturated rings. The maximum atomic E-state index is 10.3. The summed E-state index contributed by atoms with van der Waals surface area (Å²) in [5, 5.41) is 13.3. The summed E-state index contributed by atoms with van der Waals surface area (Å²) in [7, 11) is 0. The van der Waals surface area contributed by atoms with Gasteiger partial charge in [0.05, 0.1) is 4.92 Å². The van der Waals surface area contributed by atoms with Gasteiger partial charge < -0.3 is 11.1 Å². The molecule has 76 valence electrons. The van der Waals surface area contributed by atoms with Crippen LogP contribution in [0.4, 0.5) is 11.5 Å². The van der Waals surface area contributed by atoms with Crippen LogP contribution < -0.4 is 11.1 Å². The number of hydrogen-bond acceptors (Lipinski definition) is 5. The molecule has 0 spiro atoms. The van der Waals surface area contributed by atoms with E-state index < -0.39 is 4.92 Å². The molecule has 3 N–H and O–H groups in total. The Morgan fingerprint density at radius 1 is 1.71 bits per heavy atom. The second kappa shape index (κ2) is 4.52. The molecule has 14 heavy (non-hydrogen) atoms. The maximum Gasteiger partial charge on any atom is 0.287 e. The lowest BCUT2D eigenvalue weighted by molar-refractivity contribution is -0.385. The zero-order valence-electron chi connectivity index (χ0n) is 7.80. The summed E-state index contributed by atoms with van der Waals surface area (Å²) in [5.74, 6) is 0.591. The minimum atomic E-state index is -0.484. The summed E-state index contributed by atoms with van der Waals surface area (Å²) in [5.41, 5.74) is 5.50. The lowest BCUT2D eigenvalue weighted by atomic mass is 10.3. The molecule has 6 heteroatoms. The van der Waals surface area contributed by atoms with Crippen molar-refractivity contribution in [3.8, 4) is 0 Å². The van der Waals surface area contributed by atoms with Gasteiger partial charge in [0.15, 0.2) is 0 Å². The average Bonchev–Trinajstić information content (AvgIpc) is 2.15. The van der Waals surface area contributed by atoms with Crippen LogP contribution in [0.25, 0.3) is 0 Å². The molecule has 0 aliphatic carbocycles. The van der Waals surface area contributed by atoms with Gasteiger partial charge in [0.25, 0.3) is 5.69 Å². The third-order valence-electron chi connectivity index (χ3n) is 1.56. The molecule has 0 amide bonds. The van der Waals surface area contributed by atoms with Gasteiger partial charge >= 0.3 is 0 Å². The lowest BCUT2D eigenvalue weighted by Crippen LogP contribution is -2.25.